The summed E-state index contributed by atoms with van der Waals surface area (Å²) in [6.45, 7) is 1.88. The number of anilines is 1. The van der Waals surface area contributed by atoms with E-state index in [1.54, 1.807) is 23.1 Å². The Hall–Kier alpha value is -3.03. The third kappa shape index (κ3) is 3.17. The molecule has 24 heavy (non-hydrogen) atoms. The Bertz CT molecular complexity index is 758. The number of hydrogen-bond donors (Lipinski definition) is 1. The number of benzene rings is 1. The van der Waals surface area contributed by atoms with Gasteiger partial charge < -0.3 is 14.9 Å². The van der Waals surface area contributed by atoms with Crippen LogP contribution in [0.25, 0.3) is 0 Å². The van der Waals surface area contributed by atoms with Crippen molar-refractivity contribution in [2.24, 2.45) is 0 Å². The van der Waals surface area contributed by atoms with Crippen LogP contribution in [-0.2, 0) is 0 Å². The minimum absolute atomic E-state index is 0.0663. The molecule has 124 valence electrons. The molecule has 0 radical (unpaired) electrons. The molecule has 2 aromatic rings. The normalized spacial score (nSPS) is 14.5. The number of carboxylic acid groups (broad SMARTS) is 1. The molecule has 0 bridgehead atoms. The van der Waals surface area contributed by atoms with Gasteiger partial charge in [-0.15, -0.1) is 10.2 Å². The molecular formula is C16H15FN4O3. The van der Waals surface area contributed by atoms with Gasteiger partial charge in [-0.2, -0.15) is 0 Å². The van der Waals surface area contributed by atoms with Crippen LogP contribution in [-0.4, -0.2) is 58.3 Å². The highest BCUT2D eigenvalue weighted by molar-refractivity contribution is 5.94. The zero-order valence-electron chi connectivity index (χ0n) is 12.7. The maximum absolute atomic E-state index is 13.7. The molecule has 1 fully saturated rings. The van der Waals surface area contributed by atoms with Gasteiger partial charge in [0.1, 0.15) is 5.82 Å². The van der Waals surface area contributed by atoms with E-state index in [9.17, 15) is 14.0 Å². The van der Waals surface area contributed by atoms with Crippen LogP contribution >= 0.6 is 0 Å². The van der Waals surface area contributed by atoms with Gasteiger partial charge in [-0.3, -0.25) is 4.79 Å². The van der Waals surface area contributed by atoms with Crippen molar-refractivity contribution >= 4 is 17.7 Å². The van der Waals surface area contributed by atoms with Crippen molar-refractivity contribution in [1.82, 2.24) is 15.1 Å². The summed E-state index contributed by atoms with van der Waals surface area (Å²) < 4.78 is 13.7. The Morgan fingerprint density at radius 3 is 2.29 bits per heavy atom. The fourth-order valence-electron chi connectivity index (χ4n) is 2.55. The molecule has 7 nitrogen and oxygen atoms in total. The van der Waals surface area contributed by atoms with Crippen molar-refractivity contribution in [1.29, 1.82) is 0 Å². The number of aromatic nitrogens is 2. The summed E-state index contributed by atoms with van der Waals surface area (Å²) in [6.07, 6.45) is 0. The van der Waals surface area contributed by atoms with E-state index in [1.165, 1.54) is 18.2 Å². The minimum Gasteiger partial charge on any atom is -0.476 e. The first-order chi connectivity index (χ1) is 11.6. The SMILES string of the molecule is O=C(O)c1ccc(N2CCN(C(=O)c3ccccc3F)CC2)nn1. The highest BCUT2D eigenvalue weighted by Crippen LogP contribution is 2.16. The number of carbonyl (C=O) groups is 2. The molecule has 0 saturated carbocycles. The van der Waals surface area contributed by atoms with Gasteiger partial charge in [-0.1, -0.05) is 12.1 Å². The van der Waals surface area contributed by atoms with Crippen molar-refractivity contribution < 1.29 is 19.1 Å². The number of nitrogens with zero attached hydrogens (tertiary/aromatic N) is 4. The Morgan fingerprint density at radius 1 is 1.00 bits per heavy atom. The number of amides is 1. The van der Waals surface area contributed by atoms with E-state index in [0.717, 1.165) is 0 Å². The number of aromatic carboxylic acids is 1. The summed E-state index contributed by atoms with van der Waals surface area (Å²) in [7, 11) is 0. The number of hydrogen-bond acceptors (Lipinski definition) is 5. The van der Waals surface area contributed by atoms with Crippen molar-refractivity contribution in [3.05, 3.63) is 53.5 Å². The lowest BCUT2D eigenvalue weighted by Crippen LogP contribution is -2.49. The molecule has 0 spiro atoms. The van der Waals surface area contributed by atoms with Gasteiger partial charge in [0.05, 0.1) is 5.56 Å². The molecule has 1 amide bonds. The average Bonchev–Trinajstić information content (AvgIpc) is 2.62. The van der Waals surface area contributed by atoms with E-state index in [0.29, 0.717) is 32.0 Å². The van der Waals surface area contributed by atoms with Crippen LogP contribution in [0.15, 0.2) is 36.4 Å². The third-order valence-corrected chi connectivity index (χ3v) is 3.86. The Kier molecular flexibility index (Phi) is 4.37. The molecule has 0 unspecified atom stereocenters. The molecule has 1 aliphatic rings. The molecule has 3 rings (SSSR count). The lowest BCUT2D eigenvalue weighted by atomic mass is 10.1. The van der Waals surface area contributed by atoms with Crippen molar-refractivity contribution in [2.45, 2.75) is 0 Å². The largest absolute Gasteiger partial charge is 0.476 e. The van der Waals surface area contributed by atoms with Crippen LogP contribution in [0.5, 0.6) is 0 Å². The maximum atomic E-state index is 13.7. The van der Waals surface area contributed by atoms with Crippen LogP contribution in [0.4, 0.5) is 10.2 Å². The summed E-state index contributed by atoms with van der Waals surface area (Å²) in [5.74, 6) is -1.44. The molecule has 1 aromatic carbocycles. The summed E-state index contributed by atoms with van der Waals surface area (Å²) in [5.41, 5.74) is -0.0522. The second-order valence-corrected chi connectivity index (χ2v) is 5.34. The highest BCUT2D eigenvalue weighted by atomic mass is 19.1. The predicted octanol–water partition coefficient (Wildman–Crippen LogP) is 1.28. The zero-order chi connectivity index (χ0) is 17.1. The van der Waals surface area contributed by atoms with Crippen molar-refractivity contribution in [3.63, 3.8) is 0 Å². The molecule has 1 aromatic heterocycles. The second kappa shape index (κ2) is 6.61. The fraction of sp³-hybridized carbons (Fsp3) is 0.250. The van der Waals surface area contributed by atoms with Crippen molar-refractivity contribution in [2.75, 3.05) is 31.1 Å². The summed E-state index contributed by atoms with van der Waals surface area (Å²) in [6, 6.07) is 8.89. The van der Waals surface area contributed by atoms with Crippen LogP contribution in [0.2, 0.25) is 0 Å². The monoisotopic (exact) mass is 330 g/mol. The van der Waals surface area contributed by atoms with Gasteiger partial charge in [0.25, 0.3) is 5.91 Å². The molecular weight excluding hydrogens is 315 g/mol. The number of piperazine rings is 1. The third-order valence-electron chi connectivity index (χ3n) is 3.86. The standard InChI is InChI=1S/C16H15FN4O3/c17-12-4-2-1-3-11(12)15(22)21-9-7-20(8-10-21)14-6-5-13(16(23)24)18-19-14/h1-6H,7-10H2,(H,23,24). The van der Waals surface area contributed by atoms with Crippen LogP contribution in [0.3, 0.4) is 0 Å². The van der Waals surface area contributed by atoms with Gasteiger partial charge in [-0.25, -0.2) is 9.18 Å². The summed E-state index contributed by atoms with van der Waals surface area (Å²) in [5, 5.41) is 16.4. The second-order valence-electron chi connectivity index (χ2n) is 5.34. The Labute approximate surface area is 137 Å². The quantitative estimate of drug-likeness (QED) is 0.912. The highest BCUT2D eigenvalue weighted by Gasteiger charge is 2.24. The van der Waals surface area contributed by atoms with Gasteiger partial charge in [0.15, 0.2) is 11.5 Å². The first-order valence-corrected chi connectivity index (χ1v) is 7.42. The smallest absolute Gasteiger partial charge is 0.356 e. The van der Waals surface area contributed by atoms with Crippen LogP contribution in [0, 0.1) is 5.82 Å². The lowest BCUT2D eigenvalue weighted by molar-refractivity contribution is 0.0687. The van der Waals surface area contributed by atoms with Gasteiger partial charge in [0, 0.05) is 26.2 Å². The molecule has 1 aliphatic heterocycles. The van der Waals surface area contributed by atoms with E-state index in [4.69, 9.17) is 5.11 Å². The first kappa shape index (κ1) is 15.9. The maximum Gasteiger partial charge on any atom is 0.356 e. The number of carboxylic acids is 1. The Balaban J connectivity index is 1.64. The van der Waals surface area contributed by atoms with Crippen molar-refractivity contribution in [3.8, 4) is 0 Å². The number of carbonyl (C=O) groups excluding carboxylic acids is 1. The average molecular weight is 330 g/mol. The zero-order valence-corrected chi connectivity index (χ0v) is 12.7. The predicted molar refractivity (Wildman–Crippen MR) is 83.5 cm³/mol. The minimum atomic E-state index is -1.13. The van der Waals surface area contributed by atoms with E-state index in [2.05, 4.69) is 10.2 Å². The topological polar surface area (TPSA) is 86.6 Å². The number of rotatable bonds is 3. The molecule has 1 N–H and O–H groups in total. The van der Waals surface area contributed by atoms with Crippen LogP contribution < -0.4 is 4.90 Å². The summed E-state index contributed by atoms with van der Waals surface area (Å²) >= 11 is 0. The van der Waals surface area contributed by atoms with Gasteiger partial charge in [-0.05, 0) is 24.3 Å². The molecule has 8 heteroatoms. The van der Waals surface area contributed by atoms with E-state index < -0.39 is 11.8 Å². The number of halogens is 1. The fourth-order valence-corrected chi connectivity index (χ4v) is 2.55. The summed E-state index contributed by atoms with van der Waals surface area (Å²) in [4.78, 5) is 26.6. The molecule has 0 atom stereocenters. The molecule has 1 saturated heterocycles. The van der Waals surface area contributed by atoms with E-state index in [-0.39, 0.29) is 17.2 Å². The van der Waals surface area contributed by atoms with Gasteiger partial charge in [0.2, 0.25) is 0 Å². The lowest BCUT2D eigenvalue weighted by Gasteiger charge is -2.35. The molecule has 0 aliphatic carbocycles. The molecule has 2 heterocycles. The van der Waals surface area contributed by atoms with E-state index >= 15 is 0 Å². The Morgan fingerprint density at radius 2 is 1.71 bits per heavy atom. The van der Waals surface area contributed by atoms with Crippen LogP contribution in [0.1, 0.15) is 20.8 Å². The van der Waals surface area contributed by atoms with E-state index in [1.807, 2.05) is 4.90 Å². The van der Waals surface area contributed by atoms with Gasteiger partial charge >= 0.3 is 5.97 Å². The first-order valence-electron chi connectivity index (χ1n) is 7.42.